The van der Waals surface area contributed by atoms with Crippen LogP contribution in [0.5, 0.6) is 0 Å². The molecule has 2 heterocycles. The summed E-state index contributed by atoms with van der Waals surface area (Å²) in [5.41, 5.74) is 5.42. The average Bonchev–Trinajstić information content (AvgIpc) is 3.28. The Morgan fingerprint density at radius 3 is 2.00 bits per heavy atom. The minimum absolute atomic E-state index is 0.0445. The van der Waals surface area contributed by atoms with Gasteiger partial charge < -0.3 is 19.7 Å². The molecule has 33 heavy (non-hydrogen) atoms. The van der Waals surface area contributed by atoms with Crippen LogP contribution in [0.4, 0.5) is 5.69 Å². The second kappa shape index (κ2) is 11.9. The van der Waals surface area contributed by atoms with E-state index in [1.165, 1.54) is 23.5 Å². The molecular formula is C23H28N4O4S2. The quantitative estimate of drug-likeness (QED) is 0.411. The molecule has 0 fully saturated rings. The van der Waals surface area contributed by atoms with Crippen LogP contribution in [0.3, 0.4) is 0 Å². The van der Waals surface area contributed by atoms with Crippen molar-refractivity contribution in [2.24, 2.45) is 0 Å². The summed E-state index contributed by atoms with van der Waals surface area (Å²) >= 11 is 3.03. The van der Waals surface area contributed by atoms with E-state index < -0.39 is 0 Å². The van der Waals surface area contributed by atoms with Crippen LogP contribution in [0.2, 0.25) is 0 Å². The van der Waals surface area contributed by atoms with E-state index in [0.29, 0.717) is 35.2 Å². The van der Waals surface area contributed by atoms with Crippen LogP contribution in [-0.2, 0) is 27.6 Å². The summed E-state index contributed by atoms with van der Waals surface area (Å²) in [7, 11) is 0. The summed E-state index contributed by atoms with van der Waals surface area (Å²) in [5.74, 6) is 3.49. The van der Waals surface area contributed by atoms with Crippen molar-refractivity contribution in [3.63, 3.8) is 0 Å². The lowest BCUT2D eigenvalue weighted by atomic mass is 10.2. The molecule has 0 unspecified atom stereocenters. The second-order valence-corrected chi connectivity index (χ2v) is 9.59. The summed E-state index contributed by atoms with van der Waals surface area (Å²) in [5, 5.41) is 13.7. The van der Waals surface area contributed by atoms with Crippen molar-refractivity contribution in [1.29, 1.82) is 0 Å². The molecule has 0 atom stereocenters. The van der Waals surface area contributed by atoms with E-state index in [4.69, 9.17) is 9.05 Å². The number of hydrogen-bond donors (Lipinski definition) is 2. The Kier molecular flexibility index (Phi) is 9.02. The highest BCUT2D eigenvalue weighted by atomic mass is 32.2. The molecule has 0 radical (unpaired) electrons. The second-order valence-electron chi connectivity index (χ2n) is 7.62. The van der Waals surface area contributed by atoms with Crippen molar-refractivity contribution < 1.29 is 18.6 Å². The van der Waals surface area contributed by atoms with E-state index in [2.05, 4.69) is 20.9 Å². The number of carbonyl (C=O) groups is 2. The van der Waals surface area contributed by atoms with E-state index in [0.717, 1.165) is 39.6 Å². The molecule has 0 saturated heterocycles. The van der Waals surface area contributed by atoms with Crippen LogP contribution in [0, 0.1) is 27.7 Å². The lowest BCUT2D eigenvalue weighted by molar-refractivity contribution is -0.118. The molecule has 0 bridgehead atoms. The Morgan fingerprint density at radius 2 is 1.45 bits per heavy atom. The van der Waals surface area contributed by atoms with Gasteiger partial charge in [-0.05, 0) is 45.4 Å². The molecule has 3 aromatic rings. The largest absolute Gasteiger partial charge is 0.361 e. The summed E-state index contributed by atoms with van der Waals surface area (Å²) in [6.45, 7) is 7.94. The zero-order valence-electron chi connectivity index (χ0n) is 19.2. The molecule has 8 nitrogen and oxygen atoms in total. The highest BCUT2D eigenvalue weighted by Crippen LogP contribution is 2.21. The fourth-order valence-corrected chi connectivity index (χ4v) is 5.10. The Bertz CT molecular complexity index is 1070. The van der Waals surface area contributed by atoms with Crippen LogP contribution >= 0.6 is 23.5 Å². The smallest absolute Gasteiger partial charge is 0.234 e. The summed E-state index contributed by atoms with van der Waals surface area (Å²) in [6.07, 6.45) is 0. The first kappa shape index (κ1) is 24.9. The van der Waals surface area contributed by atoms with E-state index in [1.54, 1.807) is 0 Å². The number of nitrogens with zero attached hydrogens (tertiary/aromatic N) is 2. The van der Waals surface area contributed by atoms with E-state index in [1.807, 2.05) is 52.0 Å². The van der Waals surface area contributed by atoms with Crippen molar-refractivity contribution in [3.8, 4) is 0 Å². The lowest BCUT2D eigenvalue weighted by Gasteiger charge is -2.09. The van der Waals surface area contributed by atoms with Gasteiger partial charge in [0.25, 0.3) is 0 Å². The van der Waals surface area contributed by atoms with Crippen molar-refractivity contribution in [1.82, 2.24) is 15.6 Å². The molecule has 2 aromatic heterocycles. The van der Waals surface area contributed by atoms with Crippen molar-refractivity contribution in [3.05, 3.63) is 63.9 Å². The number of anilines is 1. The van der Waals surface area contributed by atoms with Gasteiger partial charge in [-0.1, -0.05) is 22.4 Å². The van der Waals surface area contributed by atoms with Crippen LogP contribution < -0.4 is 10.6 Å². The topological polar surface area (TPSA) is 110 Å². The molecule has 0 aliphatic heterocycles. The summed E-state index contributed by atoms with van der Waals surface area (Å²) < 4.78 is 10.3. The molecular weight excluding hydrogens is 460 g/mol. The molecule has 3 rings (SSSR count). The minimum Gasteiger partial charge on any atom is -0.361 e. The normalized spacial score (nSPS) is 10.9. The predicted molar refractivity (Wildman–Crippen MR) is 131 cm³/mol. The van der Waals surface area contributed by atoms with E-state index in [-0.39, 0.29) is 11.8 Å². The monoisotopic (exact) mass is 488 g/mol. The van der Waals surface area contributed by atoms with Crippen molar-refractivity contribution in [2.45, 2.75) is 45.7 Å². The first-order valence-corrected chi connectivity index (χ1v) is 12.8. The molecule has 2 amide bonds. The van der Waals surface area contributed by atoms with Crippen LogP contribution in [-0.4, -0.2) is 33.6 Å². The van der Waals surface area contributed by atoms with E-state index in [9.17, 15) is 9.59 Å². The third kappa shape index (κ3) is 7.40. The number of rotatable bonds is 11. The number of thioether (sulfide) groups is 2. The predicted octanol–water partition coefficient (Wildman–Crippen LogP) is 4.32. The number of nitrogens with one attached hydrogen (secondary N) is 2. The molecule has 176 valence electrons. The van der Waals surface area contributed by atoms with E-state index >= 15 is 0 Å². The number of aromatic nitrogens is 2. The molecule has 0 saturated carbocycles. The Balaban J connectivity index is 1.38. The van der Waals surface area contributed by atoms with Crippen molar-refractivity contribution in [2.75, 3.05) is 16.8 Å². The highest BCUT2D eigenvalue weighted by molar-refractivity contribution is 7.99. The number of hydrogen-bond acceptors (Lipinski definition) is 8. The van der Waals surface area contributed by atoms with Crippen molar-refractivity contribution >= 4 is 41.0 Å². The van der Waals surface area contributed by atoms with Gasteiger partial charge in [0.05, 0.1) is 22.9 Å². The highest BCUT2D eigenvalue weighted by Gasteiger charge is 2.12. The maximum atomic E-state index is 12.3. The standard InChI is InChI=1S/C23H28N4O4S2/c1-14-20(16(3)30-26-14)10-32-12-22(28)24-9-18-6-5-7-19(8-18)25-23(29)13-33-11-21-15(2)27-31-17(21)4/h5-8H,9-13H2,1-4H3,(H,24,28)(H,25,29). The van der Waals surface area contributed by atoms with Gasteiger partial charge in [0.2, 0.25) is 11.8 Å². The number of benzene rings is 1. The molecule has 0 spiro atoms. The maximum Gasteiger partial charge on any atom is 0.234 e. The minimum atomic E-state index is -0.0799. The molecule has 10 heteroatoms. The Labute approximate surface area is 201 Å². The van der Waals surface area contributed by atoms with Gasteiger partial charge in [-0.3, -0.25) is 9.59 Å². The number of carbonyl (C=O) groups excluding carboxylic acids is 2. The molecule has 1 aromatic carbocycles. The summed E-state index contributed by atoms with van der Waals surface area (Å²) in [4.78, 5) is 24.5. The molecule has 0 aliphatic carbocycles. The van der Waals surface area contributed by atoms with Gasteiger partial charge in [0, 0.05) is 34.9 Å². The number of amides is 2. The SMILES string of the molecule is Cc1noc(C)c1CSCC(=O)NCc1cccc(NC(=O)CSCc2c(C)noc2C)c1. The molecule has 0 aliphatic rings. The van der Waals surface area contributed by atoms with Gasteiger partial charge >= 0.3 is 0 Å². The first-order chi connectivity index (χ1) is 15.8. The van der Waals surface area contributed by atoms with Gasteiger partial charge in [-0.25, -0.2) is 0 Å². The fourth-order valence-electron chi connectivity index (χ4n) is 3.12. The third-order valence-electron chi connectivity index (χ3n) is 5.02. The summed E-state index contributed by atoms with van der Waals surface area (Å²) in [6, 6.07) is 7.48. The zero-order valence-corrected chi connectivity index (χ0v) is 20.8. The van der Waals surface area contributed by atoms with Crippen LogP contribution in [0.15, 0.2) is 33.3 Å². The maximum absolute atomic E-state index is 12.3. The number of aryl methyl sites for hydroxylation is 4. The Hall–Kier alpha value is -2.72. The third-order valence-corrected chi connectivity index (χ3v) is 6.94. The fraction of sp³-hybridized carbons (Fsp3) is 0.391. The zero-order chi connectivity index (χ0) is 23.8. The average molecular weight is 489 g/mol. The van der Waals surface area contributed by atoms with Gasteiger partial charge in [-0.2, -0.15) is 0 Å². The van der Waals surface area contributed by atoms with Gasteiger partial charge in [0.1, 0.15) is 11.5 Å². The van der Waals surface area contributed by atoms with Gasteiger partial charge in [0.15, 0.2) is 0 Å². The Morgan fingerprint density at radius 1 is 0.879 bits per heavy atom. The molecule has 2 N–H and O–H groups in total. The van der Waals surface area contributed by atoms with Gasteiger partial charge in [-0.15, -0.1) is 23.5 Å². The van der Waals surface area contributed by atoms with Crippen LogP contribution in [0.1, 0.15) is 39.6 Å². The first-order valence-electron chi connectivity index (χ1n) is 10.5. The lowest BCUT2D eigenvalue weighted by Crippen LogP contribution is -2.24. The van der Waals surface area contributed by atoms with Crippen LogP contribution in [0.25, 0.3) is 0 Å².